The molecule has 12 aromatic carbocycles. The fraction of sp³-hybridized carbons (Fsp3) is 0. The molecule has 1 nitrogen and oxygen atoms in total. The largest absolute Gasteiger partial charge is 0.310 e. The van der Waals surface area contributed by atoms with E-state index in [1.807, 2.05) is 11.3 Å². The van der Waals surface area contributed by atoms with Gasteiger partial charge in [-0.3, -0.25) is 0 Å². The maximum atomic E-state index is 2.46. The Kier molecular flexibility index (Phi) is 9.11. The number of anilines is 3. The van der Waals surface area contributed by atoms with E-state index in [9.17, 15) is 0 Å². The van der Waals surface area contributed by atoms with E-state index in [1.165, 1.54) is 102 Å². The van der Waals surface area contributed by atoms with E-state index in [2.05, 4.69) is 254 Å². The third-order valence-corrected chi connectivity index (χ3v) is 14.7. The first-order valence-electron chi connectivity index (χ1n) is 22.7. The van der Waals surface area contributed by atoms with Crippen LogP contribution in [0.2, 0.25) is 0 Å². The third kappa shape index (κ3) is 6.37. The molecule has 0 saturated carbocycles. The molecule has 0 saturated heterocycles. The number of thiophene rings is 1. The van der Waals surface area contributed by atoms with Gasteiger partial charge in [0.25, 0.3) is 0 Å². The molecule has 0 aliphatic rings. The lowest BCUT2D eigenvalue weighted by atomic mass is 9.91. The van der Waals surface area contributed by atoms with Crippen molar-refractivity contribution in [3.05, 3.63) is 249 Å². The Morgan fingerprint density at radius 1 is 0.258 bits per heavy atom. The average Bonchev–Trinajstić information content (AvgIpc) is 3.78. The van der Waals surface area contributed by atoms with Crippen molar-refractivity contribution in [1.82, 2.24) is 0 Å². The molecule has 13 rings (SSSR count). The van der Waals surface area contributed by atoms with Crippen molar-refractivity contribution in [3.8, 4) is 44.5 Å². The average molecular weight is 856 g/mol. The summed E-state index contributed by atoms with van der Waals surface area (Å²) >= 11 is 1.88. The first-order chi connectivity index (χ1) is 32.7. The maximum absolute atomic E-state index is 2.46. The van der Waals surface area contributed by atoms with Crippen LogP contribution in [0.1, 0.15) is 0 Å². The SMILES string of the molecule is c1ccc(-c2ccc(-c3cc4ccccc4c4ccccc34)cc2N(c2ccc(-c3cc4ccccc4c4ccccc34)cc2)c2ccc(-c3cccc4c3sc3ccccc34)cc2)cc1. The van der Waals surface area contributed by atoms with Crippen LogP contribution in [-0.4, -0.2) is 0 Å². The molecule has 1 aromatic heterocycles. The third-order valence-electron chi connectivity index (χ3n) is 13.4. The second kappa shape index (κ2) is 15.7. The van der Waals surface area contributed by atoms with Crippen molar-refractivity contribution < 1.29 is 0 Å². The molecule has 1 heterocycles. The molecule has 0 aliphatic carbocycles. The topological polar surface area (TPSA) is 3.24 Å². The Balaban J connectivity index is 1.02. The summed E-state index contributed by atoms with van der Waals surface area (Å²) in [5.74, 6) is 0. The molecular weight excluding hydrogens is 815 g/mol. The minimum Gasteiger partial charge on any atom is -0.310 e. The highest BCUT2D eigenvalue weighted by Crippen LogP contribution is 2.47. The molecule has 308 valence electrons. The van der Waals surface area contributed by atoms with Gasteiger partial charge in [-0.1, -0.05) is 200 Å². The molecule has 0 amide bonds. The molecule has 2 heteroatoms. The van der Waals surface area contributed by atoms with Crippen LogP contribution < -0.4 is 4.90 Å². The Labute approximate surface area is 387 Å². The lowest BCUT2D eigenvalue weighted by Crippen LogP contribution is -2.11. The maximum Gasteiger partial charge on any atom is 0.0546 e. The van der Waals surface area contributed by atoms with Crippen LogP contribution >= 0.6 is 11.3 Å². The van der Waals surface area contributed by atoms with E-state index in [0.717, 1.165) is 22.6 Å². The van der Waals surface area contributed by atoms with Gasteiger partial charge in [-0.05, 0) is 131 Å². The van der Waals surface area contributed by atoms with Crippen molar-refractivity contribution in [3.63, 3.8) is 0 Å². The van der Waals surface area contributed by atoms with Gasteiger partial charge in [0.1, 0.15) is 0 Å². The fourth-order valence-corrected chi connectivity index (χ4v) is 11.6. The lowest BCUT2D eigenvalue weighted by molar-refractivity contribution is 1.28. The van der Waals surface area contributed by atoms with Gasteiger partial charge in [0.15, 0.2) is 0 Å². The molecule has 0 radical (unpaired) electrons. The highest BCUT2D eigenvalue weighted by atomic mass is 32.1. The smallest absolute Gasteiger partial charge is 0.0546 e. The monoisotopic (exact) mass is 855 g/mol. The summed E-state index contributed by atoms with van der Waals surface area (Å²) in [6.45, 7) is 0. The van der Waals surface area contributed by atoms with Gasteiger partial charge in [0.2, 0.25) is 0 Å². The Morgan fingerprint density at radius 3 is 1.33 bits per heavy atom. The lowest BCUT2D eigenvalue weighted by Gasteiger charge is -2.29. The van der Waals surface area contributed by atoms with Crippen LogP contribution in [-0.2, 0) is 0 Å². The molecule has 0 N–H and O–H groups in total. The predicted octanol–water partition coefficient (Wildman–Crippen LogP) is 18.8. The van der Waals surface area contributed by atoms with E-state index in [0.29, 0.717) is 0 Å². The Morgan fingerprint density at radius 2 is 0.712 bits per heavy atom. The van der Waals surface area contributed by atoms with Crippen LogP contribution in [0.25, 0.3) is 108 Å². The zero-order chi connectivity index (χ0) is 43.6. The summed E-state index contributed by atoms with van der Waals surface area (Å²) in [5.41, 5.74) is 12.9. The van der Waals surface area contributed by atoms with E-state index in [4.69, 9.17) is 0 Å². The normalized spacial score (nSPS) is 11.6. The highest BCUT2D eigenvalue weighted by Gasteiger charge is 2.21. The van der Waals surface area contributed by atoms with Crippen LogP contribution in [0.5, 0.6) is 0 Å². The second-order valence-electron chi connectivity index (χ2n) is 17.2. The summed E-state index contributed by atoms with van der Waals surface area (Å²) in [7, 11) is 0. The zero-order valence-corrected chi connectivity index (χ0v) is 36.8. The Hall–Kier alpha value is -8.30. The molecule has 0 fully saturated rings. The fourth-order valence-electron chi connectivity index (χ4n) is 10.3. The number of nitrogens with zero attached hydrogens (tertiary/aromatic N) is 1. The summed E-state index contributed by atoms with van der Waals surface area (Å²) < 4.78 is 2.64. The van der Waals surface area contributed by atoms with Gasteiger partial charge in [-0.2, -0.15) is 0 Å². The van der Waals surface area contributed by atoms with Crippen molar-refractivity contribution in [2.24, 2.45) is 0 Å². The number of benzene rings is 12. The van der Waals surface area contributed by atoms with Gasteiger partial charge in [-0.25, -0.2) is 0 Å². The molecule has 0 atom stereocenters. The Bertz CT molecular complexity index is 3980. The summed E-state index contributed by atoms with van der Waals surface area (Å²) in [4.78, 5) is 2.46. The van der Waals surface area contributed by atoms with Gasteiger partial charge in [0, 0.05) is 37.1 Å². The van der Waals surface area contributed by atoms with Gasteiger partial charge in [0.05, 0.1) is 5.69 Å². The molecule has 13 aromatic rings. The molecule has 0 bridgehead atoms. The van der Waals surface area contributed by atoms with Crippen LogP contribution in [0.3, 0.4) is 0 Å². The van der Waals surface area contributed by atoms with Crippen molar-refractivity contribution in [2.45, 2.75) is 0 Å². The first kappa shape index (κ1) is 38.2. The van der Waals surface area contributed by atoms with Crippen molar-refractivity contribution in [2.75, 3.05) is 4.90 Å². The minimum absolute atomic E-state index is 1.08. The number of rotatable bonds is 7. The highest BCUT2D eigenvalue weighted by molar-refractivity contribution is 7.26. The molecule has 0 spiro atoms. The standard InChI is InChI=1S/C64H41NS/c1-2-15-42(16-3-1)52-38-33-47(61-40-46-18-5-7-20-51(46)55-22-9-11-24-57(55)61)41-62(52)65(48-34-29-43(30-35-48)53-26-14-27-59-58-25-12-13-28-63(58)66-64(53)59)49-36-31-44(32-37-49)60-39-45-17-4-6-19-50(45)54-21-8-10-23-56(54)60/h1-41H. The van der Waals surface area contributed by atoms with Crippen LogP contribution in [0.15, 0.2) is 249 Å². The summed E-state index contributed by atoms with van der Waals surface area (Å²) in [6.07, 6.45) is 0. The molecule has 0 aliphatic heterocycles. The second-order valence-corrected chi connectivity index (χ2v) is 18.2. The van der Waals surface area contributed by atoms with Gasteiger partial charge < -0.3 is 4.90 Å². The molecular formula is C64H41NS. The predicted molar refractivity (Wildman–Crippen MR) is 286 cm³/mol. The number of hydrogen-bond acceptors (Lipinski definition) is 2. The van der Waals surface area contributed by atoms with E-state index in [-0.39, 0.29) is 0 Å². The van der Waals surface area contributed by atoms with E-state index >= 15 is 0 Å². The summed E-state index contributed by atoms with van der Waals surface area (Å²) in [6, 6.07) is 91.6. The van der Waals surface area contributed by atoms with Crippen molar-refractivity contribution >= 4 is 91.7 Å². The van der Waals surface area contributed by atoms with Crippen LogP contribution in [0.4, 0.5) is 17.1 Å². The van der Waals surface area contributed by atoms with E-state index in [1.54, 1.807) is 0 Å². The van der Waals surface area contributed by atoms with E-state index < -0.39 is 0 Å². The quantitative estimate of drug-likeness (QED) is 0.144. The number of hydrogen-bond donors (Lipinski definition) is 0. The number of fused-ring (bicyclic) bond motifs is 9. The van der Waals surface area contributed by atoms with Crippen molar-refractivity contribution in [1.29, 1.82) is 0 Å². The van der Waals surface area contributed by atoms with Gasteiger partial charge >= 0.3 is 0 Å². The zero-order valence-electron chi connectivity index (χ0n) is 36.0. The minimum atomic E-state index is 1.08. The summed E-state index contributed by atoms with van der Waals surface area (Å²) in [5, 5.41) is 12.7. The first-order valence-corrected chi connectivity index (χ1v) is 23.5. The molecule has 66 heavy (non-hydrogen) atoms. The van der Waals surface area contributed by atoms with Gasteiger partial charge in [-0.15, -0.1) is 11.3 Å². The molecule has 0 unspecified atom stereocenters. The van der Waals surface area contributed by atoms with Crippen LogP contribution in [0, 0.1) is 0 Å².